The average Bonchev–Trinajstić information content (AvgIpc) is 2.54. The minimum Gasteiger partial charge on any atom is -0.369 e. The Kier molecular flexibility index (Phi) is 8.05. The molecule has 0 unspecified atom stereocenters. The van der Waals surface area contributed by atoms with Crippen LogP contribution in [0, 0.1) is 5.41 Å². The van der Waals surface area contributed by atoms with Gasteiger partial charge in [-0.2, -0.15) is 0 Å². The number of rotatable bonds is 6. The number of nitrogens with one attached hydrogen (secondary N) is 3. The van der Waals surface area contributed by atoms with Gasteiger partial charge in [0.25, 0.3) is 5.56 Å². The first-order valence-corrected chi connectivity index (χ1v) is 8.13. The van der Waals surface area contributed by atoms with Gasteiger partial charge in [0.2, 0.25) is 0 Å². The Morgan fingerprint density at radius 3 is 2.74 bits per heavy atom. The summed E-state index contributed by atoms with van der Waals surface area (Å²) in [6.07, 6.45) is 2.41. The molecular formula is C17H23ClN4O. The van der Waals surface area contributed by atoms with Crippen LogP contribution in [-0.4, -0.2) is 22.7 Å². The van der Waals surface area contributed by atoms with Crippen molar-refractivity contribution in [1.29, 1.82) is 5.41 Å². The van der Waals surface area contributed by atoms with E-state index >= 15 is 0 Å². The number of nitrogens with zero attached hydrogens (tertiary/aromatic N) is 1. The maximum Gasteiger partial charge on any atom is 0.261 e. The van der Waals surface area contributed by atoms with Crippen LogP contribution >= 0.6 is 11.6 Å². The molecule has 0 atom stereocenters. The van der Waals surface area contributed by atoms with Gasteiger partial charge in [-0.25, -0.2) is 4.98 Å². The molecule has 1 aromatic heterocycles. The summed E-state index contributed by atoms with van der Waals surface area (Å²) in [6, 6.07) is 7.42. The van der Waals surface area contributed by atoms with Gasteiger partial charge in [0.15, 0.2) is 0 Å². The standard InChI is InChI=1S/C15H17ClN4O.C2H6/c1-2-6-18-14-12(9-17)15(21)20-13(19-14)8-10-4-3-5-11(16)7-10;1-2/h3-5,7,9,17H,2,6,8H2,1H3,(H2,18,19,20,21);1-2H3. The Labute approximate surface area is 141 Å². The minimum atomic E-state index is -0.310. The highest BCUT2D eigenvalue weighted by atomic mass is 35.5. The van der Waals surface area contributed by atoms with Crippen molar-refractivity contribution >= 4 is 23.6 Å². The monoisotopic (exact) mass is 334 g/mol. The predicted molar refractivity (Wildman–Crippen MR) is 97.1 cm³/mol. The van der Waals surface area contributed by atoms with E-state index in [4.69, 9.17) is 17.0 Å². The highest BCUT2D eigenvalue weighted by Crippen LogP contribution is 2.14. The van der Waals surface area contributed by atoms with Gasteiger partial charge in [0.1, 0.15) is 11.6 Å². The van der Waals surface area contributed by atoms with Gasteiger partial charge in [-0.3, -0.25) is 4.79 Å². The van der Waals surface area contributed by atoms with Gasteiger partial charge in [-0.1, -0.05) is 44.5 Å². The maximum atomic E-state index is 12.0. The van der Waals surface area contributed by atoms with E-state index in [1.54, 1.807) is 6.07 Å². The summed E-state index contributed by atoms with van der Waals surface area (Å²) in [7, 11) is 0. The van der Waals surface area contributed by atoms with Crippen LogP contribution < -0.4 is 10.9 Å². The molecule has 0 fully saturated rings. The molecule has 5 nitrogen and oxygen atoms in total. The number of benzene rings is 1. The van der Waals surface area contributed by atoms with Crippen LogP contribution in [0.25, 0.3) is 0 Å². The molecule has 1 heterocycles. The van der Waals surface area contributed by atoms with Gasteiger partial charge in [-0.05, 0) is 24.1 Å². The number of aromatic amines is 1. The molecule has 0 aliphatic heterocycles. The molecule has 124 valence electrons. The summed E-state index contributed by atoms with van der Waals surface area (Å²) >= 11 is 5.96. The van der Waals surface area contributed by atoms with Crippen molar-refractivity contribution in [2.75, 3.05) is 11.9 Å². The molecule has 0 saturated heterocycles. The van der Waals surface area contributed by atoms with Crippen LogP contribution in [0.15, 0.2) is 29.1 Å². The second kappa shape index (κ2) is 9.79. The van der Waals surface area contributed by atoms with Crippen LogP contribution in [-0.2, 0) is 6.42 Å². The smallest absolute Gasteiger partial charge is 0.261 e. The van der Waals surface area contributed by atoms with E-state index < -0.39 is 0 Å². The first-order chi connectivity index (χ1) is 11.1. The van der Waals surface area contributed by atoms with Crippen LogP contribution in [0.2, 0.25) is 5.02 Å². The quantitative estimate of drug-likeness (QED) is 0.701. The van der Waals surface area contributed by atoms with E-state index in [0.717, 1.165) is 18.2 Å². The van der Waals surface area contributed by atoms with Crippen molar-refractivity contribution in [3.8, 4) is 0 Å². The molecule has 23 heavy (non-hydrogen) atoms. The van der Waals surface area contributed by atoms with E-state index in [1.165, 1.54) is 0 Å². The van der Waals surface area contributed by atoms with Crippen molar-refractivity contribution in [1.82, 2.24) is 9.97 Å². The third kappa shape index (κ3) is 5.53. The Bertz CT molecular complexity index is 697. The van der Waals surface area contributed by atoms with E-state index in [0.29, 0.717) is 29.6 Å². The number of hydrogen-bond acceptors (Lipinski definition) is 4. The molecule has 0 aliphatic rings. The topological polar surface area (TPSA) is 81.6 Å². The summed E-state index contributed by atoms with van der Waals surface area (Å²) in [6.45, 7) is 6.73. The maximum absolute atomic E-state index is 12.0. The van der Waals surface area contributed by atoms with E-state index in [9.17, 15) is 4.79 Å². The number of anilines is 1. The Morgan fingerprint density at radius 1 is 1.39 bits per heavy atom. The molecule has 0 spiro atoms. The molecule has 2 aromatic rings. The summed E-state index contributed by atoms with van der Waals surface area (Å²) < 4.78 is 0. The zero-order valence-electron chi connectivity index (χ0n) is 13.7. The van der Waals surface area contributed by atoms with Gasteiger partial charge in [0, 0.05) is 24.2 Å². The second-order valence-electron chi connectivity index (χ2n) is 4.65. The Morgan fingerprint density at radius 2 is 2.13 bits per heavy atom. The molecule has 0 bridgehead atoms. The lowest BCUT2D eigenvalue weighted by Gasteiger charge is -2.09. The molecule has 1 aromatic carbocycles. The van der Waals surface area contributed by atoms with Gasteiger partial charge in [0.05, 0.1) is 5.56 Å². The molecule has 6 heteroatoms. The Balaban J connectivity index is 0.00000127. The molecule has 0 amide bonds. The molecule has 0 radical (unpaired) electrons. The summed E-state index contributed by atoms with van der Waals surface area (Å²) in [5.41, 5.74) is 0.906. The fourth-order valence-electron chi connectivity index (χ4n) is 1.97. The lowest BCUT2D eigenvalue weighted by molar-refractivity contribution is 0.916. The molecule has 0 aliphatic carbocycles. The van der Waals surface area contributed by atoms with Crippen molar-refractivity contribution in [3.63, 3.8) is 0 Å². The predicted octanol–water partition coefficient (Wildman–Crippen LogP) is 3.86. The zero-order chi connectivity index (χ0) is 17.2. The minimum absolute atomic E-state index is 0.248. The first-order valence-electron chi connectivity index (χ1n) is 7.76. The normalized spacial score (nSPS) is 9.74. The van der Waals surface area contributed by atoms with Crippen molar-refractivity contribution in [2.45, 2.75) is 33.6 Å². The number of H-pyrrole nitrogens is 1. The van der Waals surface area contributed by atoms with Gasteiger partial charge in [-0.15, -0.1) is 0 Å². The van der Waals surface area contributed by atoms with Gasteiger partial charge >= 0.3 is 0 Å². The van der Waals surface area contributed by atoms with E-state index in [2.05, 4.69) is 15.3 Å². The van der Waals surface area contributed by atoms with Crippen molar-refractivity contribution in [3.05, 3.63) is 56.6 Å². The molecule has 2 rings (SSSR count). The van der Waals surface area contributed by atoms with Gasteiger partial charge < -0.3 is 15.7 Å². The lowest BCUT2D eigenvalue weighted by atomic mass is 10.1. The van der Waals surface area contributed by atoms with E-state index in [1.807, 2.05) is 39.0 Å². The van der Waals surface area contributed by atoms with E-state index in [-0.39, 0.29) is 11.1 Å². The molecule has 3 N–H and O–H groups in total. The summed E-state index contributed by atoms with van der Waals surface area (Å²) in [5.74, 6) is 0.999. The SMILES string of the molecule is CC.CCCNc1nc(Cc2cccc(Cl)c2)[nH]c(=O)c1C=N. The fourth-order valence-corrected chi connectivity index (χ4v) is 2.18. The third-order valence-electron chi connectivity index (χ3n) is 2.95. The lowest BCUT2D eigenvalue weighted by Crippen LogP contribution is -2.20. The highest BCUT2D eigenvalue weighted by Gasteiger charge is 2.09. The summed E-state index contributed by atoms with van der Waals surface area (Å²) in [5, 5.41) is 11.1. The van der Waals surface area contributed by atoms with Crippen LogP contribution in [0.3, 0.4) is 0 Å². The first kappa shape index (κ1) is 18.9. The zero-order valence-corrected chi connectivity index (χ0v) is 14.5. The molecule has 0 saturated carbocycles. The summed E-state index contributed by atoms with van der Waals surface area (Å²) in [4.78, 5) is 19.1. The second-order valence-corrected chi connectivity index (χ2v) is 5.09. The highest BCUT2D eigenvalue weighted by molar-refractivity contribution is 6.30. The number of aromatic nitrogens is 2. The van der Waals surface area contributed by atoms with Crippen LogP contribution in [0.1, 0.15) is 44.1 Å². The number of hydrogen-bond donors (Lipinski definition) is 3. The van der Waals surface area contributed by atoms with Crippen molar-refractivity contribution < 1.29 is 0 Å². The van der Waals surface area contributed by atoms with Crippen LogP contribution in [0.4, 0.5) is 5.82 Å². The Hall–Kier alpha value is -2.14. The van der Waals surface area contributed by atoms with Crippen molar-refractivity contribution in [2.24, 2.45) is 0 Å². The molecular weight excluding hydrogens is 312 g/mol. The third-order valence-corrected chi connectivity index (χ3v) is 3.19. The fraction of sp³-hybridized carbons (Fsp3) is 0.353. The largest absolute Gasteiger partial charge is 0.369 e. The van der Waals surface area contributed by atoms with Crippen LogP contribution in [0.5, 0.6) is 0 Å². The average molecular weight is 335 g/mol. The number of halogens is 1.